The molecule has 0 radical (unpaired) electrons. The lowest BCUT2D eigenvalue weighted by atomic mass is 9.93. The predicted molar refractivity (Wildman–Crippen MR) is 104 cm³/mol. The molecule has 0 spiro atoms. The van der Waals surface area contributed by atoms with Gasteiger partial charge >= 0.3 is 0 Å². The quantitative estimate of drug-likeness (QED) is 0.609. The number of nitro groups is 1. The summed E-state index contributed by atoms with van der Waals surface area (Å²) in [5.41, 5.74) is 6.07. The minimum Gasteiger partial charge on any atom is -0.311 e. The van der Waals surface area contributed by atoms with Crippen LogP contribution in [0.5, 0.6) is 0 Å². The van der Waals surface area contributed by atoms with Gasteiger partial charge in [-0.2, -0.15) is 0 Å². The summed E-state index contributed by atoms with van der Waals surface area (Å²) in [7, 11) is 0. The summed E-state index contributed by atoms with van der Waals surface area (Å²) in [6, 6.07) is 12.1. The minimum atomic E-state index is -0.686. The van der Waals surface area contributed by atoms with E-state index in [1.165, 1.54) is 30.0 Å². The highest BCUT2D eigenvalue weighted by atomic mass is 16.6. The molecular weight excluding hydrogens is 376 g/mol. The first kappa shape index (κ1) is 19.7. The van der Waals surface area contributed by atoms with Gasteiger partial charge in [-0.3, -0.25) is 35.3 Å². The van der Waals surface area contributed by atoms with E-state index >= 15 is 0 Å². The van der Waals surface area contributed by atoms with Gasteiger partial charge in [0.25, 0.3) is 11.6 Å². The van der Waals surface area contributed by atoms with Gasteiger partial charge in [0.1, 0.15) is 0 Å². The first-order chi connectivity index (χ1) is 13.9. The van der Waals surface area contributed by atoms with Gasteiger partial charge in [0.2, 0.25) is 11.8 Å². The number of nitrogens with zero attached hydrogens (tertiary/aromatic N) is 2. The average molecular weight is 394 g/mol. The zero-order valence-electron chi connectivity index (χ0n) is 15.5. The third kappa shape index (κ3) is 4.46. The zero-order valence-corrected chi connectivity index (χ0v) is 15.5. The van der Waals surface area contributed by atoms with Crippen LogP contribution in [0.2, 0.25) is 0 Å². The fraction of sp³-hybridized carbons (Fsp3) is 0.150. The normalized spacial score (nSPS) is 14.7. The van der Waals surface area contributed by atoms with Crippen molar-refractivity contribution in [1.82, 2.24) is 15.8 Å². The van der Waals surface area contributed by atoms with E-state index in [1.807, 2.05) is 24.3 Å². The average Bonchev–Trinajstić information content (AvgIpc) is 2.72. The molecule has 29 heavy (non-hydrogen) atoms. The van der Waals surface area contributed by atoms with Crippen LogP contribution in [0.4, 0.5) is 5.69 Å². The molecule has 0 saturated carbocycles. The topological polar surface area (TPSA) is 122 Å². The first-order valence-electron chi connectivity index (χ1n) is 8.76. The standard InChI is InChI=1S/C20H18N4O5/c1-13(25)23-10-9-14-5-2-3-8-17(14)18(23)12-19(26)21-22-20(27)15-6-4-7-16(11-15)24(28)29/h2-11,18H,12H2,1H3,(H,21,26)(H,22,27)/t18-/m1/s1. The molecule has 148 valence electrons. The maximum atomic E-state index is 12.4. The number of rotatable bonds is 4. The highest BCUT2D eigenvalue weighted by molar-refractivity contribution is 5.96. The molecule has 3 amide bonds. The third-order valence-corrected chi connectivity index (χ3v) is 4.48. The van der Waals surface area contributed by atoms with E-state index in [4.69, 9.17) is 0 Å². The molecule has 2 aromatic carbocycles. The summed E-state index contributed by atoms with van der Waals surface area (Å²) >= 11 is 0. The van der Waals surface area contributed by atoms with Crippen LogP contribution in [0, 0.1) is 10.1 Å². The monoisotopic (exact) mass is 394 g/mol. The number of nitrogens with one attached hydrogen (secondary N) is 2. The largest absolute Gasteiger partial charge is 0.311 e. The minimum absolute atomic E-state index is 0.0378. The Balaban J connectivity index is 1.67. The number of non-ortho nitro benzene ring substituents is 1. The Morgan fingerprint density at radius 2 is 1.86 bits per heavy atom. The van der Waals surface area contributed by atoms with Crippen molar-refractivity contribution in [3.05, 3.63) is 81.5 Å². The van der Waals surface area contributed by atoms with Crippen LogP contribution in [-0.2, 0) is 9.59 Å². The number of carbonyl (C=O) groups excluding carboxylic acids is 3. The number of carbonyl (C=O) groups is 3. The van der Waals surface area contributed by atoms with Crippen LogP contribution in [-0.4, -0.2) is 27.5 Å². The summed E-state index contributed by atoms with van der Waals surface area (Å²) in [6.45, 7) is 1.41. The molecule has 1 atom stereocenters. The van der Waals surface area contributed by atoms with Crippen molar-refractivity contribution >= 4 is 29.5 Å². The van der Waals surface area contributed by atoms with Crippen LogP contribution in [0.25, 0.3) is 6.08 Å². The van der Waals surface area contributed by atoms with Gasteiger partial charge in [-0.25, -0.2) is 0 Å². The highest BCUT2D eigenvalue weighted by Crippen LogP contribution is 2.32. The van der Waals surface area contributed by atoms with E-state index in [0.717, 1.165) is 17.2 Å². The number of fused-ring (bicyclic) bond motifs is 1. The lowest BCUT2D eigenvalue weighted by Gasteiger charge is -2.32. The van der Waals surface area contributed by atoms with Crippen molar-refractivity contribution in [1.29, 1.82) is 0 Å². The number of benzene rings is 2. The Labute approximate surface area is 166 Å². The maximum absolute atomic E-state index is 12.4. The molecule has 3 rings (SSSR count). The van der Waals surface area contributed by atoms with E-state index < -0.39 is 22.8 Å². The Morgan fingerprint density at radius 1 is 1.10 bits per heavy atom. The molecule has 0 saturated heterocycles. The van der Waals surface area contributed by atoms with Crippen molar-refractivity contribution < 1.29 is 19.3 Å². The van der Waals surface area contributed by atoms with E-state index in [0.29, 0.717) is 0 Å². The molecule has 0 aliphatic carbocycles. The summed E-state index contributed by atoms with van der Waals surface area (Å²) < 4.78 is 0. The molecule has 0 aromatic heterocycles. The van der Waals surface area contributed by atoms with E-state index in [-0.39, 0.29) is 23.6 Å². The molecular formula is C20H18N4O5. The van der Waals surface area contributed by atoms with E-state index in [9.17, 15) is 24.5 Å². The lowest BCUT2D eigenvalue weighted by Crippen LogP contribution is -2.43. The lowest BCUT2D eigenvalue weighted by molar-refractivity contribution is -0.384. The molecule has 0 bridgehead atoms. The molecule has 0 unspecified atom stereocenters. The molecule has 0 fully saturated rings. The van der Waals surface area contributed by atoms with Crippen LogP contribution >= 0.6 is 0 Å². The number of nitro benzene ring substituents is 1. The molecule has 1 aliphatic heterocycles. The van der Waals surface area contributed by atoms with Gasteiger partial charge in [0, 0.05) is 30.8 Å². The second kappa shape index (κ2) is 8.34. The van der Waals surface area contributed by atoms with Crippen molar-refractivity contribution in [2.45, 2.75) is 19.4 Å². The van der Waals surface area contributed by atoms with Crippen LogP contribution in [0.3, 0.4) is 0 Å². The highest BCUT2D eigenvalue weighted by Gasteiger charge is 2.28. The fourth-order valence-corrected chi connectivity index (χ4v) is 3.10. The Bertz CT molecular complexity index is 1020. The van der Waals surface area contributed by atoms with Crippen molar-refractivity contribution in [3.8, 4) is 0 Å². The number of hydrogen-bond donors (Lipinski definition) is 2. The van der Waals surface area contributed by atoms with Crippen molar-refractivity contribution in [2.75, 3.05) is 0 Å². The summed E-state index contributed by atoms with van der Waals surface area (Å²) in [5.74, 6) is -1.41. The van der Waals surface area contributed by atoms with E-state index in [2.05, 4.69) is 10.9 Å². The van der Waals surface area contributed by atoms with Crippen LogP contribution in [0.1, 0.15) is 40.9 Å². The molecule has 9 nitrogen and oxygen atoms in total. The second-order valence-electron chi connectivity index (χ2n) is 6.40. The van der Waals surface area contributed by atoms with Gasteiger partial charge in [-0.15, -0.1) is 0 Å². The Morgan fingerprint density at radius 3 is 2.59 bits per heavy atom. The van der Waals surface area contributed by atoms with Crippen molar-refractivity contribution in [3.63, 3.8) is 0 Å². The van der Waals surface area contributed by atoms with Gasteiger partial charge in [-0.05, 0) is 23.3 Å². The van der Waals surface area contributed by atoms with Crippen molar-refractivity contribution in [2.24, 2.45) is 0 Å². The van der Waals surface area contributed by atoms with Gasteiger partial charge in [0.15, 0.2) is 0 Å². The number of hydrazine groups is 1. The number of amides is 3. The summed E-state index contributed by atoms with van der Waals surface area (Å²) in [4.78, 5) is 48.2. The molecule has 9 heteroatoms. The van der Waals surface area contributed by atoms with Crippen LogP contribution in [0.15, 0.2) is 54.7 Å². The predicted octanol–water partition coefficient (Wildman–Crippen LogP) is 2.32. The number of hydrogen-bond acceptors (Lipinski definition) is 5. The van der Waals surface area contributed by atoms with E-state index in [1.54, 1.807) is 12.3 Å². The van der Waals surface area contributed by atoms with Gasteiger partial charge < -0.3 is 4.90 Å². The smallest absolute Gasteiger partial charge is 0.270 e. The first-order valence-corrected chi connectivity index (χ1v) is 8.76. The van der Waals surface area contributed by atoms with Gasteiger partial charge in [0.05, 0.1) is 17.4 Å². The van der Waals surface area contributed by atoms with Crippen LogP contribution < -0.4 is 10.9 Å². The van der Waals surface area contributed by atoms with Gasteiger partial charge in [-0.1, -0.05) is 30.3 Å². The second-order valence-corrected chi connectivity index (χ2v) is 6.40. The SMILES string of the molecule is CC(=O)N1C=Cc2ccccc2[C@H]1CC(=O)NNC(=O)c1cccc([N+](=O)[O-])c1. The third-order valence-electron chi connectivity index (χ3n) is 4.48. The summed E-state index contributed by atoms with van der Waals surface area (Å²) in [6.07, 6.45) is 3.36. The molecule has 2 N–H and O–H groups in total. The molecule has 1 aliphatic rings. The zero-order chi connectivity index (χ0) is 21.0. The Hall–Kier alpha value is -4.01. The summed E-state index contributed by atoms with van der Waals surface area (Å²) in [5, 5.41) is 10.8. The fourth-order valence-electron chi connectivity index (χ4n) is 3.10. The Kier molecular flexibility index (Phi) is 5.68. The molecule has 1 heterocycles. The molecule has 2 aromatic rings. The maximum Gasteiger partial charge on any atom is 0.270 e.